The second-order valence-electron chi connectivity index (χ2n) is 6.02. The molecule has 2 rings (SSSR count). The molecule has 2 aromatic rings. The van der Waals surface area contributed by atoms with Crippen LogP contribution in [0.2, 0.25) is 0 Å². The number of hydrogen-bond donors (Lipinski definition) is 0. The molecule has 0 N–H and O–H groups in total. The molecule has 0 aliphatic rings. The Kier molecular flexibility index (Phi) is 7.33. The van der Waals surface area contributed by atoms with Crippen molar-refractivity contribution in [1.82, 2.24) is 0 Å². The summed E-state index contributed by atoms with van der Waals surface area (Å²) in [4.78, 5) is 0. The maximum atomic E-state index is 14.1. The highest BCUT2D eigenvalue weighted by atomic mass is 33.1. The fraction of sp³-hybridized carbons (Fsp3) is 0.333. The lowest BCUT2D eigenvalue weighted by molar-refractivity contribution is -0.282. The average Bonchev–Trinajstić information content (AvgIpc) is 2.64. The van der Waals surface area contributed by atoms with E-state index in [2.05, 4.69) is 0 Å². The van der Waals surface area contributed by atoms with Crippen LogP contribution in [0.3, 0.4) is 0 Å². The zero-order valence-corrected chi connectivity index (χ0v) is 16.2. The summed E-state index contributed by atoms with van der Waals surface area (Å²) in [5.74, 6) is -10.8. The maximum Gasteiger partial charge on any atom is 0.454 e. The third kappa shape index (κ3) is 5.19. The summed E-state index contributed by atoms with van der Waals surface area (Å²) in [6.45, 7) is 0. The van der Waals surface area contributed by atoms with Gasteiger partial charge in [-0.05, 0) is 11.1 Å². The van der Waals surface area contributed by atoms with E-state index in [1.165, 1.54) is 12.1 Å². The van der Waals surface area contributed by atoms with Crippen LogP contribution in [0.25, 0.3) is 0 Å². The lowest BCUT2D eigenvalue weighted by atomic mass is 10.1. The van der Waals surface area contributed by atoms with Gasteiger partial charge in [0.15, 0.2) is 0 Å². The zero-order chi connectivity index (χ0) is 22.8. The smallest absolute Gasteiger partial charge is 0.195 e. The fourth-order valence-electron chi connectivity index (χ4n) is 2.31. The summed E-state index contributed by atoms with van der Waals surface area (Å²) in [5.41, 5.74) is -1.14. The number of halogens is 10. The van der Waals surface area contributed by atoms with Crippen LogP contribution in [-0.2, 0) is 0 Å². The number of hydrogen-bond acceptors (Lipinski definition) is 2. The van der Waals surface area contributed by atoms with E-state index in [1.807, 2.05) is 0 Å². The first-order valence-corrected chi connectivity index (χ1v) is 10.3. The standard InChI is InChI=1S/C18H12F10S2/c19-15(20,17(23,24)25)13(11-7-3-1-4-8-11)29-30-14(12-9-5-2-6-10-12)16(21,22)18(26,27)28/h1-10,13-14H. The van der Waals surface area contributed by atoms with Crippen molar-refractivity contribution in [1.29, 1.82) is 0 Å². The van der Waals surface area contributed by atoms with Crippen LogP contribution in [0.15, 0.2) is 60.7 Å². The Hall–Kier alpha value is -1.56. The third-order valence-electron chi connectivity index (χ3n) is 3.87. The van der Waals surface area contributed by atoms with Crippen LogP contribution in [-0.4, -0.2) is 24.2 Å². The van der Waals surface area contributed by atoms with Gasteiger partial charge in [0, 0.05) is 0 Å². The molecule has 30 heavy (non-hydrogen) atoms. The summed E-state index contributed by atoms with van der Waals surface area (Å²) in [5, 5.41) is -5.50. The predicted octanol–water partition coefficient (Wildman–Crippen LogP) is 8.25. The maximum absolute atomic E-state index is 14.1. The minimum atomic E-state index is -6.05. The summed E-state index contributed by atoms with van der Waals surface area (Å²) in [6, 6.07) is 10.9. The van der Waals surface area contributed by atoms with Gasteiger partial charge in [-0.3, -0.25) is 0 Å². The van der Waals surface area contributed by atoms with Gasteiger partial charge in [-0.15, -0.1) is 0 Å². The zero-order valence-electron chi connectivity index (χ0n) is 14.5. The van der Waals surface area contributed by atoms with E-state index in [-0.39, 0.29) is 21.6 Å². The van der Waals surface area contributed by atoms with Gasteiger partial charge in [0.2, 0.25) is 0 Å². The van der Waals surface area contributed by atoms with Crippen molar-refractivity contribution in [2.75, 3.05) is 0 Å². The predicted molar refractivity (Wildman–Crippen MR) is 95.6 cm³/mol. The highest BCUT2D eigenvalue weighted by Crippen LogP contribution is 2.61. The topological polar surface area (TPSA) is 0 Å². The highest BCUT2D eigenvalue weighted by Gasteiger charge is 2.65. The van der Waals surface area contributed by atoms with E-state index in [1.54, 1.807) is 0 Å². The largest absolute Gasteiger partial charge is 0.454 e. The van der Waals surface area contributed by atoms with Crippen LogP contribution in [0.1, 0.15) is 21.6 Å². The fourth-order valence-corrected chi connectivity index (χ4v) is 5.64. The molecule has 0 saturated carbocycles. The number of alkyl halides is 10. The minimum Gasteiger partial charge on any atom is -0.195 e. The lowest BCUT2D eigenvalue weighted by Gasteiger charge is -2.32. The van der Waals surface area contributed by atoms with Gasteiger partial charge in [-0.1, -0.05) is 82.3 Å². The molecular formula is C18H12F10S2. The monoisotopic (exact) mass is 482 g/mol. The Morgan fingerprint density at radius 1 is 0.467 bits per heavy atom. The van der Waals surface area contributed by atoms with Crippen molar-refractivity contribution in [3.05, 3.63) is 71.8 Å². The first-order valence-electron chi connectivity index (χ1n) is 8.00. The molecule has 0 amide bonds. The average molecular weight is 482 g/mol. The van der Waals surface area contributed by atoms with Crippen molar-refractivity contribution < 1.29 is 43.9 Å². The van der Waals surface area contributed by atoms with Gasteiger partial charge < -0.3 is 0 Å². The van der Waals surface area contributed by atoms with E-state index < -0.39 is 45.8 Å². The number of rotatable bonds is 7. The SMILES string of the molecule is FC(F)(F)C(F)(F)C(SSC(c1ccccc1)C(F)(F)C(F)(F)F)c1ccccc1. The van der Waals surface area contributed by atoms with Gasteiger partial charge in [0.1, 0.15) is 10.5 Å². The van der Waals surface area contributed by atoms with E-state index in [0.29, 0.717) is 0 Å². The molecule has 0 aromatic heterocycles. The molecular weight excluding hydrogens is 470 g/mol. The first-order chi connectivity index (χ1) is 13.7. The first kappa shape index (κ1) is 24.7. The Morgan fingerprint density at radius 3 is 0.967 bits per heavy atom. The molecule has 2 aromatic carbocycles. The Bertz CT molecular complexity index is 734. The molecule has 166 valence electrons. The van der Waals surface area contributed by atoms with Crippen molar-refractivity contribution in [2.45, 2.75) is 34.7 Å². The summed E-state index contributed by atoms with van der Waals surface area (Å²) >= 11 is 0. The summed E-state index contributed by atoms with van der Waals surface area (Å²) in [6.07, 6.45) is -12.1. The molecule has 12 heteroatoms. The minimum absolute atomic E-state index is 0.379. The Morgan fingerprint density at radius 2 is 0.733 bits per heavy atom. The van der Waals surface area contributed by atoms with Crippen molar-refractivity contribution in [2.24, 2.45) is 0 Å². The lowest BCUT2D eigenvalue weighted by Crippen LogP contribution is -2.42. The van der Waals surface area contributed by atoms with E-state index >= 15 is 0 Å². The van der Waals surface area contributed by atoms with Gasteiger partial charge >= 0.3 is 24.2 Å². The second kappa shape index (κ2) is 8.89. The molecule has 0 spiro atoms. The Balaban J connectivity index is 2.45. The molecule has 0 nitrogen and oxygen atoms in total. The normalized spacial score (nSPS) is 15.7. The van der Waals surface area contributed by atoms with Crippen LogP contribution in [0.5, 0.6) is 0 Å². The third-order valence-corrected chi connectivity index (χ3v) is 6.99. The summed E-state index contributed by atoms with van der Waals surface area (Å²) < 4.78 is 134. The molecule has 2 atom stereocenters. The van der Waals surface area contributed by atoms with E-state index in [4.69, 9.17) is 0 Å². The quantitative estimate of drug-likeness (QED) is 0.288. The van der Waals surface area contributed by atoms with Gasteiger partial charge in [-0.25, -0.2) is 0 Å². The molecule has 0 aliphatic heterocycles. The summed E-state index contributed by atoms with van der Waals surface area (Å²) in [7, 11) is -0.758. The van der Waals surface area contributed by atoms with Gasteiger partial charge in [0.25, 0.3) is 0 Å². The van der Waals surface area contributed by atoms with Crippen LogP contribution >= 0.6 is 21.6 Å². The van der Waals surface area contributed by atoms with E-state index in [0.717, 1.165) is 48.5 Å². The second-order valence-corrected chi connectivity index (χ2v) is 8.50. The van der Waals surface area contributed by atoms with Crippen LogP contribution in [0.4, 0.5) is 43.9 Å². The highest BCUT2D eigenvalue weighted by molar-refractivity contribution is 8.76. The molecule has 2 unspecified atom stereocenters. The molecule has 0 aliphatic carbocycles. The van der Waals surface area contributed by atoms with Crippen LogP contribution in [0, 0.1) is 0 Å². The molecule has 0 bridgehead atoms. The van der Waals surface area contributed by atoms with Crippen LogP contribution < -0.4 is 0 Å². The van der Waals surface area contributed by atoms with Crippen molar-refractivity contribution in [3.63, 3.8) is 0 Å². The van der Waals surface area contributed by atoms with Gasteiger partial charge in [-0.2, -0.15) is 43.9 Å². The molecule has 0 heterocycles. The molecule has 0 radical (unpaired) electrons. The molecule has 0 saturated heterocycles. The van der Waals surface area contributed by atoms with Gasteiger partial charge in [0.05, 0.1) is 0 Å². The van der Waals surface area contributed by atoms with E-state index in [9.17, 15) is 43.9 Å². The Labute approximate surface area is 172 Å². The van der Waals surface area contributed by atoms with Crippen molar-refractivity contribution in [3.8, 4) is 0 Å². The molecule has 0 fully saturated rings. The number of benzene rings is 2. The van der Waals surface area contributed by atoms with Crippen molar-refractivity contribution >= 4 is 21.6 Å².